The van der Waals surface area contributed by atoms with Crippen LogP contribution in [0.4, 0.5) is 0 Å². The van der Waals surface area contributed by atoms with Gasteiger partial charge < -0.3 is 10.2 Å². The van der Waals surface area contributed by atoms with Crippen molar-refractivity contribution in [3.63, 3.8) is 0 Å². The van der Waals surface area contributed by atoms with Gasteiger partial charge in [0.25, 0.3) is 11.9 Å². The molecule has 0 amide bonds. The van der Waals surface area contributed by atoms with E-state index >= 15 is 0 Å². The van der Waals surface area contributed by atoms with E-state index in [-0.39, 0.29) is 20.4 Å². The molecule has 2 unspecified atom stereocenters. The Labute approximate surface area is 245 Å². The summed E-state index contributed by atoms with van der Waals surface area (Å²) in [6, 6.07) is 46.7. The van der Waals surface area contributed by atoms with Gasteiger partial charge in [-0.1, -0.05) is 60.7 Å². The molecule has 0 saturated carbocycles. The first kappa shape index (κ1) is 37.5. The number of carbonyl (C=O) groups is 2. The molecule has 204 valence electrons. The van der Waals surface area contributed by atoms with E-state index in [9.17, 15) is 0 Å². The summed E-state index contributed by atoms with van der Waals surface area (Å²) in [4.78, 5) is 18.0. The van der Waals surface area contributed by atoms with E-state index in [0.29, 0.717) is 5.92 Å². The smallest absolute Gasteiger partial charge is 0.481 e. The maximum absolute atomic E-state index is 9.00. The van der Waals surface area contributed by atoms with Gasteiger partial charge in [-0.25, -0.2) is 0 Å². The van der Waals surface area contributed by atoms with Crippen LogP contribution in [0.3, 0.4) is 0 Å². The van der Waals surface area contributed by atoms with Crippen LogP contribution in [0, 0.1) is 12.1 Å². The first-order valence-corrected chi connectivity index (χ1v) is 13.8. The molecule has 0 aromatic heterocycles. The number of benzene rings is 4. The van der Waals surface area contributed by atoms with Crippen LogP contribution in [0.2, 0.25) is 0 Å². The van der Waals surface area contributed by atoms with E-state index in [1.54, 1.807) is 0 Å². The molecule has 4 rings (SSSR count). The van der Waals surface area contributed by atoms with Crippen LogP contribution in [0.5, 0.6) is 0 Å². The van der Waals surface area contributed by atoms with Gasteiger partial charge in [0.2, 0.25) is 0 Å². The molecule has 0 aliphatic heterocycles. The standard InChI is InChI=1S/C15H18P2.2C6H5.2C2H4O2.Pd/c16-12-17-11-15(13-7-3-1-4-8-13)14-9-5-2-6-10-14;2*1-2-4-6-5-3-1;2*1-2(3)4;/h1-10,15,17H,11-12,16H2;2*1-5H;2*1H3,(H,3,4);/q;2*-1;;;+2. The van der Waals surface area contributed by atoms with Gasteiger partial charge in [-0.2, -0.15) is 72.8 Å². The SMILES string of the molecule is CC(=O)O.CC(=O)O.PCPCC(c1ccccc1)c1ccccc1.[Pd+2].[c-]1ccccc1.[c-]1ccccc1. The van der Waals surface area contributed by atoms with Gasteiger partial charge in [-0.3, -0.25) is 9.59 Å². The van der Waals surface area contributed by atoms with Gasteiger partial charge >= 0.3 is 20.4 Å². The summed E-state index contributed by atoms with van der Waals surface area (Å²) in [6.45, 7) is 2.17. The van der Waals surface area contributed by atoms with E-state index in [1.165, 1.54) is 23.2 Å². The normalized spacial score (nSPS) is 8.95. The van der Waals surface area contributed by atoms with Gasteiger partial charge in [0.1, 0.15) is 0 Å². The van der Waals surface area contributed by atoms with Crippen molar-refractivity contribution >= 4 is 29.8 Å². The van der Waals surface area contributed by atoms with E-state index in [1.807, 2.05) is 60.7 Å². The second-order valence-corrected chi connectivity index (χ2v) is 9.77. The molecule has 0 saturated heterocycles. The molecule has 2 atom stereocenters. The van der Waals surface area contributed by atoms with Gasteiger partial charge in [0.05, 0.1) is 0 Å². The zero-order valence-corrected chi connectivity index (χ0v) is 25.4. The van der Waals surface area contributed by atoms with Crippen LogP contribution in [-0.4, -0.2) is 34.2 Å². The summed E-state index contributed by atoms with van der Waals surface area (Å²) in [5.74, 6) is 0.0900. The molecule has 0 aliphatic rings. The zero-order chi connectivity index (χ0) is 27.6. The third-order valence-electron chi connectivity index (χ3n) is 4.11. The first-order chi connectivity index (χ1) is 17.9. The Morgan fingerprint density at radius 2 is 0.974 bits per heavy atom. The van der Waals surface area contributed by atoms with Crippen LogP contribution < -0.4 is 0 Å². The molecule has 2 N–H and O–H groups in total. The summed E-state index contributed by atoms with van der Waals surface area (Å²) < 4.78 is 0. The minimum atomic E-state index is -0.833. The van der Waals surface area contributed by atoms with Gasteiger partial charge in [0.15, 0.2) is 0 Å². The molecule has 38 heavy (non-hydrogen) atoms. The van der Waals surface area contributed by atoms with Crippen molar-refractivity contribution in [1.82, 2.24) is 0 Å². The Morgan fingerprint density at radius 1 is 0.684 bits per heavy atom. The summed E-state index contributed by atoms with van der Waals surface area (Å²) in [5, 5.41) is 14.8. The van der Waals surface area contributed by atoms with Crippen molar-refractivity contribution in [3.8, 4) is 0 Å². The summed E-state index contributed by atoms with van der Waals surface area (Å²) in [7, 11) is 3.84. The van der Waals surface area contributed by atoms with Gasteiger partial charge in [0, 0.05) is 19.8 Å². The first-order valence-electron chi connectivity index (χ1n) is 11.6. The van der Waals surface area contributed by atoms with Gasteiger partial charge in [-0.15, -0.1) is 17.8 Å². The predicted molar refractivity (Wildman–Crippen MR) is 160 cm³/mol. The molecule has 7 heteroatoms. The molecule has 0 bridgehead atoms. The minimum Gasteiger partial charge on any atom is -0.481 e. The fourth-order valence-electron chi connectivity index (χ4n) is 2.71. The summed E-state index contributed by atoms with van der Waals surface area (Å²) >= 11 is 0. The third-order valence-corrected chi connectivity index (χ3v) is 5.96. The fourth-order valence-corrected chi connectivity index (χ4v) is 4.14. The van der Waals surface area contributed by atoms with Crippen molar-refractivity contribution in [3.05, 3.63) is 145 Å². The van der Waals surface area contributed by atoms with E-state index in [0.717, 1.165) is 22.4 Å². The van der Waals surface area contributed by atoms with E-state index < -0.39 is 11.9 Å². The molecule has 0 radical (unpaired) electrons. The van der Waals surface area contributed by atoms with Crippen molar-refractivity contribution in [2.45, 2.75) is 19.8 Å². The molecule has 4 nitrogen and oxygen atoms in total. The summed E-state index contributed by atoms with van der Waals surface area (Å²) in [5.41, 5.74) is 2.87. The van der Waals surface area contributed by atoms with Gasteiger partial charge in [-0.05, 0) is 23.2 Å². The van der Waals surface area contributed by atoms with Crippen molar-refractivity contribution < 1.29 is 40.2 Å². The fraction of sp³-hybridized carbons (Fsp3) is 0.161. The average molecular weight is 641 g/mol. The Hall–Kier alpha value is -2.66. The second kappa shape index (κ2) is 27.4. The van der Waals surface area contributed by atoms with Crippen molar-refractivity contribution in [1.29, 1.82) is 0 Å². The maximum Gasteiger partial charge on any atom is 2.00 e. The predicted octanol–water partition coefficient (Wildman–Crippen LogP) is 7.48. The number of hydrogen-bond acceptors (Lipinski definition) is 2. The maximum atomic E-state index is 9.00. The monoisotopic (exact) mass is 640 g/mol. The van der Waals surface area contributed by atoms with Crippen LogP contribution in [-0.2, 0) is 30.0 Å². The van der Waals surface area contributed by atoms with Crippen molar-refractivity contribution in [2.24, 2.45) is 0 Å². The Balaban J connectivity index is 0. The van der Waals surface area contributed by atoms with Crippen LogP contribution in [0.15, 0.2) is 121 Å². The van der Waals surface area contributed by atoms with Crippen LogP contribution in [0.25, 0.3) is 0 Å². The Kier molecular flexibility index (Phi) is 27.0. The summed E-state index contributed by atoms with van der Waals surface area (Å²) in [6.07, 6.45) is 1.25. The average Bonchev–Trinajstić information content (AvgIpc) is 2.92. The zero-order valence-electron chi connectivity index (χ0n) is 21.6. The molecule has 0 fully saturated rings. The third kappa shape index (κ3) is 25.0. The number of aliphatic carboxylic acids is 2. The molecule has 0 heterocycles. The minimum absolute atomic E-state index is 0. The van der Waals surface area contributed by atoms with E-state index in [2.05, 4.69) is 82.0 Å². The van der Waals surface area contributed by atoms with Crippen molar-refractivity contribution in [2.75, 3.05) is 12.1 Å². The van der Waals surface area contributed by atoms with Crippen LogP contribution in [0.1, 0.15) is 30.9 Å². The molecule has 4 aromatic carbocycles. The molecule has 0 spiro atoms. The number of carboxylic acids is 2. The number of carboxylic acid groups (broad SMARTS) is 2. The number of hydrogen-bond donors (Lipinski definition) is 2. The van der Waals surface area contributed by atoms with E-state index in [4.69, 9.17) is 19.8 Å². The molecular weight excluding hydrogens is 605 g/mol. The number of rotatable bonds is 5. The Morgan fingerprint density at radius 3 is 1.18 bits per heavy atom. The largest absolute Gasteiger partial charge is 2.00 e. The molecule has 0 aliphatic carbocycles. The molecular formula is C31H36O4P2Pd. The second-order valence-electron chi connectivity index (χ2n) is 7.22. The Bertz CT molecular complexity index is 894. The van der Waals surface area contributed by atoms with Crippen LogP contribution >= 0.6 is 17.8 Å². The topological polar surface area (TPSA) is 74.6 Å². The molecule has 4 aromatic rings. The quantitative estimate of drug-likeness (QED) is 0.135.